The SMILES string of the molecule is CCC1CCN(S(=O)(=O)CCCCCl)CC1. The Hall–Kier alpha value is 0.200. The number of rotatable bonds is 6. The predicted octanol–water partition coefficient (Wildman–Crippen LogP) is 2.46. The molecule has 0 aromatic heterocycles. The second-order valence-corrected chi connectivity index (χ2v) is 6.93. The minimum Gasteiger partial charge on any atom is -0.212 e. The molecular formula is C11H22ClNO2S. The Balaban J connectivity index is 2.39. The minimum absolute atomic E-state index is 0.260. The Morgan fingerprint density at radius 1 is 1.25 bits per heavy atom. The molecule has 16 heavy (non-hydrogen) atoms. The first-order valence-electron chi connectivity index (χ1n) is 6.14. The standard InChI is InChI=1S/C11H22ClNO2S/c1-2-11-5-8-13(9-6-11)16(14,15)10-4-3-7-12/h11H,2-10H2,1H3. The van der Waals surface area contributed by atoms with Gasteiger partial charge in [-0.3, -0.25) is 0 Å². The highest BCUT2D eigenvalue weighted by molar-refractivity contribution is 7.89. The fourth-order valence-electron chi connectivity index (χ4n) is 2.10. The van der Waals surface area contributed by atoms with Crippen molar-refractivity contribution in [3.63, 3.8) is 0 Å². The maximum Gasteiger partial charge on any atom is 0.214 e. The van der Waals surface area contributed by atoms with Gasteiger partial charge in [0.05, 0.1) is 5.75 Å². The summed E-state index contributed by atoms with van der Waals surface area (Å²) in [6.45, 7) is 3.60. The molecule has 0 unspecified atom stereocenters. The number of sulfonamides is 1. The second-order valence-electron chi connectivity index (χ2n) is 4.46. The summed E-state index contributed by atoms with van der Waals surface area (Å²) < 4.78 is 25.5. The van der Waals surface area contributed by atoms with Crippen molar-refractivity contribution in [3.8, 4) is 0 Å². The quantitative estimate of drug-likeness (QED) is 0.548. The van der Waals surface area contributed by atoms with Gasteiger partial charge in [0, 0.05) is 19.0 Å². The van der Waals surface area contributed by atoms with Gasteiger partial charge in [0.25, 0.3) is 0 Å². The van der Waals surface area contributed by atoms with Crippen molar-refractivity contribution in [1.29, 1.82) is 0 Å². The van der Waals surface area contributed by atoms with Gasteiger partial charge in [-0.05, 0) is 31.6 Å². The van der Waals surface area contributed by atoms with E-state index in [1.165, 1.54) is 6.42 Å². The van der Waals surface area contributed by atoms with E-state index in [2.05, 4.69) is 6.92 Å². The first-order chi connectivity index (χ1) is 7.60. The van der Waals surface area contributed by atoms with E-state index in [1.807, 2.05) is 0 Å². The van der Waals surface area contributed by atoms with E-state index >= 15 is 0 Å². The lowest BCUT2D eigenvalue weighted by atomic mass is 9.96. The van der Waals surface area contributed by atoms with Gasteiger partial charge in [0.15, 0.2) is 0 Å². The summed E-state index contributed by atoms with van der Waals surface area (Å²) in [6, 6.07) is 0. The Labute approximate surface area is 104 Å². The first kappa shape index (κ1) is 14.3. The third kappa shape index (κ3) is 4.22. The van der Waals surface area contributed by atoms with Crippen LogP contribution in [-0.2, 0) is 10.0 Å². The predicted molar refractivity (Wildman–Crippen MR) is 68.3 cm³/mol. The zero-order valence-electron chi connectivity index (χ0n) is 9.99. The third-order valence-corrected chi connectivity index (χ3v) is 5.55. The molecule has 0 amide bonds. The molecule has 5 heteroatoms. The van der Waals surface area contributed by atoms with Crippen LogP contribution >= 0.6 is 11.6 Å². The average molecular weight is 268 g/mol. The Bertz CT molecular complexity index is 284. The molecule has 0 saturated carbocycles. The van der Waals surface area contributed by atoms with Gasteiger partial charge in [-0.2, -0.15) is 0 Å². The van der Waals surface area contributed by atoms with Crippen LogP contribution in [-0.4, -0.2) is 37.4 Å². The first-order valence-corrected chi connectivity index (χ1v) is 8.28. The Morgan fingerprint density at radius 2 is 1.88 bits per heavy atom. The van der Waals surface area contributed by atoms with E-state index in [0.29, 0.717) is 31.3 Å². The van der Waals surface area contributed by atoms with Crippen molar-refractivity contribution in [1.82, 2.24) is 4.31 Å². The van der Waals surface area contributed by atoms with Crippen LogP contribution in [0.3, 0.4) is 0 Å². The molecule has 1 saturated heterocycles. The second kappa shape index (κ2) is 6.82. The summed E-state index contributed by atoms with van der Waals surface area (Å²) >= 11 is 5.55. The smallest absolute Gasteiger partial charge is 0.212 e. The highest BCUT2D eigenvalue weighted by Crippen LogP contribution is 2.22. The fourth-order valence-corrected chi connectivity index (χ4v) is 3.89. The average Bonchev–Trinajstić information content (AvgIpc) is 2.29. The molecule has 0 aromatic rings. The molecule has 0 atom stereocenters. The molecule has 0 spiro atoms. The number of nitrogens with zero attached hydrogens (tertiary/aromatic N) is 1. The van der Waals surface area contributed by atoms with Crippen LogP contribution in [0.1, 0.15) is 39.0 Å². The van der Waals surface area contributed by atoms with Crippen LogP contribution in [0.5, 0.6) is 0 Å². The fraction of sp³-hybridized carbons (Fsp3) is 1.00. The van der Waals surface area contributed by atoms with Gasteiger partial charge in [0.1, 0.15) is 0 Å². The molecule has 0 aliphatic carbocycles. The lowest BCUT2D eigenvalue weighted by Crippen LogP contribution is -2.39. The summed E-state index contributed by atoms with van der Waals surface area (Å²) in [7, 11) is -3.01. The topological polar surface area (TPSA) is 37.4 Å². The zero-order chi connectivity index (χ0) is 12.0. The van der Waals surface area contributed by atoms with E-state index in [9.17, 15) is 8.42 Å². The van der Waals surface area contributed by atoms with Gasteiger partial charge in [-0.25, -0.2) is 12.7 Å². The van der Waals surface area contributed by atoms with Crippen LogP contribution in [0.15, 0.2) is 0 Å². The van der Waals surface area contributed by atoms with Gasteiger partial charge in [0.2, 0.25) is 10.0 Å². The molecule has 0 bridgehead atoms. The summed E-state index contributed by atoms with van der Waals surface area (Å²) in [5, 5.41) is 0. The number of hydrogen-bond acceptors (Lipinski definition) is 2. The maximum absolute atomic E-state index is 11.9. The summed E-state index contributed by atoms with van der Waals surface area (Å²) in [4.78, 5) is 0. The molecule has 0 radical (unpaired) electrons. The molecule has 1 rings (SSSR count). The molecule has 0 aromatic carbocycles. The van der Waals surface area contributed by atoms with E-state index in [-0.39, 0.29) is 5.75 Å². The van der Waals surface area contributed by atoms with Crippen molar-refractivity contribution < 1.29 is 8.42 Å². The highest BCUT2D eigenvalue weighted by Gasteiger charge is 2.26. The summed E-state index contributed by atoms with van der Waals surface area (Å²) in [6.07, 6.45) is 4.67. The van der Waals surface area contributed by atoms with Gasteiger partial charge in [-0.1, -0.05) is 13.3 Å². The van der Waals surface area contributed by atoms with Crippen molar-refractivity contribution in [2.45, 2.75) is 39.0 Å². The van der Waals surface area contributed by atoms with Crippen molar-refractivity contribution in [2.24, 2.45) is 5.92 Å². The largest absolute Gasteiger partial charge is 0.214 e. The number of unbranched alkanes of at least 4 members (excludes halogenated alkanes) is 1. The van der Waals surface area contributed by atoms with Crippen LogP contribution in [0, 0.1) is 5.92 Å². The lowest BCUT2D eigenvalue weighted by Gasteiger charge is -2.30. The Kier molecular flexibility index (Phi) is 6.08. The Morgan fingerprint density at radius 3 is 2.38 bits per heavy atom. The molecule has 3 nitrogen and oxygen atoms in total. The lowest BCUT2D eigenvalue weighted by molar-refractivity contribution is 0.269. The van der Waals surface area contributed by atoms with Crippen LogP contribution in [0.4, 0.5) is 0 Å². The van der Waals surface area contributed by atoms with Crippen molar-refractivity contribution in [3.05, 3.63) is 0 Å². The number of halogens is 1. The van der Waals surface area contributed by atoms with E-state index in [1.54, 1.807) is 4.31 Å². The molecule has 96 valence electrons. The van der Waals surface area contributed by atoms with E-state index in [4.69, 9.17) is 11.6 Å². The van der Waals surface area contributed by atoms with E-state index in [0.717, 1.165) is 19.3 Å². The van der Waals surface area contributed by atoms with E-state index < -0.39 is 10.0 Å². The molecule has 1 aliphatic rings. The molecule has 0 N–H and O–H groups in total. The monoisotopic (exact) mass is 267 g/mol. The maximum atomic E-state index is 11.9. The molecule has 1 fully saturated rings. The summed E-state index contributed by atoms with van der Waals surface area (Å²) in [5.74, 6) is 1.53. The molecule has 1 heterocycles. The molecule has 1 aliphatic heterocycles. The molecular weight excluding hydrogens is 246 g/mol. The zero-order valence-corrected chi connectivity index (χ0v) is 11.6. The number of piperidine rings is 1. The van der Waals surface area contributed by atoms with Crippen LogP contribution in [0.2, 0.25) is 0 Å². The third-order valence-electron chi connectivity index (χ3n) is 3.33. The normalized spacial score (nSPS) is 20.1. The summed E-state index contributed by atoms with van der Waals surface area (Å²) in [5.41, 5.74) is 0. The van der Waals surface area contributed by atoms with Crippen molar-refractivity contribution >= 4 is 21.6 Å². The van der Waals surface area contributed by atoms with Crippen LogP contribution in [0.25, 0.3) is 0 Å². The van der Waals surface area contributed by atoms with Crippen molar-refractivity contribution in [2.75, 3.05) is 24.7 Å². The van der Waals surface area contributed by atoms with Gasteiger partial charge in [-0.15, -0.1) is 11.6 Å². The highest BCUT2D eigenvalue weighted by atomic mass is 35.5. The van der Waals surface area contributed by atoms with Gasteiger partial charge < -0.3 is 0 Å². The minimum atomic E-state index is -3.01. The van der Waals surface area contributed by atoms with Crippen LogP contribution < -0.4 is 0 Å². The number of alkyl halides is 1. The number of hydrogen-bond donors (Lipinski definition) is 0. The van der Waals surface area contributed by atoms with Gasteiger partial charge >= 0.3 is 0 Å².